The Kier molecular flexibility index (Phi) is 3.24. The lowest BCUT2D eigenvalue weighted by molar-refractivity contribution is 0.734. The summed E-state index contributed by atoms with van der Waals surface area (Å²) >= 11 is 0. The molecule has 3 aromatic rings. The van der Waals surface area contributed by atoms with Crippen molar-refractivity contribution in [3.05, 3.63) is 54.0 Å². The third kappa shape index (κ3) is 2.30. The third-order valence-corrected chi connectivity index (χ3v) is 3.35. The van der Waals surface area contributed by atoms with Gasteiger partial charge in [-0.2, -0.15) is 0 Å². The van der Waals surface area contributed by atoms with Crippen molar-refractivity contribution in [2.75, 3.05) is 0 Å². The second-order valence-electron chi connectivity index (χ2n) is 5.27. The van der Waals surface area contributed by atoms with E-state index in [1.165, 1.54) is 5.56 Å². The van der Waals surface area contributed by atoms with E-state index < -0.39 is 0 Å². The van der Waals surface area contributed by atoms with Gasteiger partial charge in [0.1, 0.15) is 12.1 Å². The molecular formula is C16H18N4. The maximum Gasteiger partial charge on any atom is 0.141 e. The van der Waals surface area contributed by atoms with Gasteiger partial charge in [-0.1, -0.05) is 18.2 Å². The van der Waals surface area contributed by atoms with Crippen LogP contribution in [0, 0.1) is 6.92 Å². The molecule has 0 bridgehead atoms. The number of aryl methyl sites for hydroxylation is 1. The predicted molar refractivity (Wildman–Crippen MR) is 81.0 cm³/mol. The average Bonchev–Trinajstić information content (AvgIpc) is 2.82. The number of hydrogen-bond acceptors (Lipinski definition) is 3. The summed E-state index contributed by atoms with van der Waals surface area (Å²) in [6.07, 6.45) is 4.57. The number of hydrogen-bond donors (Lipinski definition) is 1. The number of nitrogens with two attached hydrogens (primary N) is 1. The minimum absolute atomic E-state index is 0.149. The molecule has 4 heteroatoms. The Morgan fingerprint density at radius 2 is 2.05 bits per heavy atom. The number of fused-ring (bicyclic) bond motifs is 1. The standard InChI is InChI=1S/C16H18N4/c1-11-7-13(8-12(2)17)9-18-16(11)20-10-19-14-5-3-4-6-15(14)20/h3-7,9-10,12H,8,17H2,1-2H3. The van der Waals surface area contributed by atoms with E-state index in [4.69, 9.17) is 5.73 Å². The van der Waals surface area contributed by atoms with Gasteiger partial charge in [0.15, 0.2) is 0 Å². The van der Waals surface area contributed by atoms with E-state index in [9.17, 15) is 0 Å². The maximum atomic E-state index is 5.84. The molecule has 2 N–H and O–H groups in total. The molecule has 0 saturated carbocycles. The van der Waals surface area contributed by atoms with Crippen molar-refractivity contribution in [2.45, 2.75) is 26.3 Å². The van der Waals surface area contributed by atoms with Gasteiger partial charge in [-0.05, 0) is 43.5 Å². The molecule has 1 aromatic carbocycles. The smallest absolute Gasteiger partial charge is 0.141 e. The predicted octanol–water partition coefficient (Wildman–Crippen LogP) is 2.62. The number of benzene rings is 1. The van der Waals surface area contributed by atoms with Crippen LogP contribution in [-0.4, -0.2) is 20.6 Å². The first kappa shape index (κ1) is 12.8. The largest absolute Gasteiger partial charge is 0.328 e. The highest BCUT2D eigenvalue weighted by atomic mass is 15.1. The Morgan fingerprint density at radius 3 is 2.80 bits per heavy atom. The van der Waals surface area contributed by atoms with E-state index in [1.807, 2.05) is 42.2 Å². The Hall–Kier alpha value is -2.20. The number of pyridine rings is 1. The quantitative estimate of drug-likeness (QED) is 0.792. The third-order valence-electron chi connectivity index (χ3n) is 3.35. The Morgan fingerprint density at radius 1 is 1.25 bits per heavy atom. The lowest BCUT2D eigenvalue weighted by Gasteiger charge is -2.10. The zero-order chi connectivity index (χ0) is 14.1. The Labute approximate surface area is 118 Å². The molecule has 2 aromatic heterocycles. The number of nitrogens with zero attached hydrogens (tertiary/aromatic N) is 3. The second-order valence-corrected chi connectivity index (χ2v) is 5.27. The fourth-order valence-electron chi connectivity index (χ4n) is 2.49. The summed E-state index contributed by atoms with van der Waals surface area (Å²) in [5.74, 6) is 0.923. The molecule has 3 rings (SSSR count). The van der Waals surface area contributed by atoms with Crippen LogP contribution in [0.25, 0.3) is 16.9 Å². The molecule has 0 amide bonds. The van der Waals surface area contributed by atoms with Crippen LogP contribution < -0.4 is 5.73 Å². The van der Waals surface area contributed by atoms with Crippen LogP contribution in [-0.2, 0) is 6.42 Å². The van der Waals surface area contributed by atoms with Crippen molar-refractivity contribution in [3.8, 4) is 5.82 Å². The molecule has 102 valence electrons. The van der Waals surface area contributed by atoms with Gasteiger partial charge >= 0.3 is 0 Å². The van der Waals surface area contributed by atoms with Crippen LogP contribution in [0.3, 0.4) is 0 Å². The van der Waals surface area contributed by atoms with E-state index in [2.05, 4.69) is 29.0 Å². The highest BCUT2D eigenvalue weighted by Crippen LogP contribution is 2.19. The lowest BCUT2D eigenvalue weighted by atomic mass is 10.1. The Balaban J connectivity index is 2.06. The van der Waals surface area contributed by atoms with Crippen LogP contribution in [0.2, 0.25) is 0 Å². The lowest BCUT2D eigenvalue weighted by Crippen LogP contribution is -2.18. The number of aromatic nitrogens is 3. The topological polar surface area (TPSA) is 56.7 Å². The van der Waals surface area contributed by atoms with Crippen molar-refractivity contribution >= 4 is 11.0 Å². The van der Waals surface area contributed by atoms with Crippen LogP contribution in [0.5, 0.6) is 0 Å². The zero-order valence-electron chi connectivity index (χ0n) is 11.7. The minimum atomic E-state index is 0.149. The molecule has 1 atom stereocenters. The number of imidazole rings is 1. The monoisotopic (exact) mass is 266 g/mol. The Bertz CT molecular complexity index is 743. The van der Waals surface area contributed by atoms with Crippen LogP contribution in [0.4, 0.5) is 0 Å². The van der Waals surface area contributed by atoms with E-state index in [1.54, 1.807) is 0 Å². The van der Waals surface area contributed by atoms with Crippen molar-refractivity contribution < 1.29 is 0 Å². The SMILES string of the molecule is Cc1cc(CC(C)N)cnc1-n1cnc2ccccc21. The molecule has 0 saturated heterocycles. The number of rotatable bonds is 3. The van der Waals surface area contributed by atoms with E-state index >= 15 is 0 Å². The summed E-state index contributed by atoms with van der Waals surface area (Å²) in [5.41, 5.74) is 10.2. The molecule has 0 aliphatic heterocycles. The molecule has 20 heavy (non-hydrogen) atoms. The zero-order valence-corrected chi connectivity index (χ0v) is 11.7. The molecule has 0 radical (unpaired) electrons. The van der Waals surface area contributed by atoms with Crippen molar-refractivity contribution in [3.63, 3.8) is 0 Å². The van der Waals surface area contributed by atoms with Crippen LogP contribution in [0.1, 0.15) is 18.1 Å². The first-order valence-electron chi connectivity index (χ1n) is 6.78. The highest BCUT2D eigenvalue weighted by Gasteiger charge is 2.09. The summed E-state index contributed by atoms with van der Waals surface area (Å²) in [6.45, 7) is 4.08. The van der Waals surface area contributed by atoms with Gasteiger partial charge in [-0.3, -0.25) is 4.57 Å². The summed E-state index contributed by atoms with van der Waals surface area (Å²) in [5, 5.41) is 0. The maximum absolute atomic E-state index is 5.84. The highest BCUT2D eigenvalue weighted by molar-refractivity contribution is 5.77. The van der Waals surface area contributed by atoms with Crippen molar-refractivity contribution in [1.29, 1.82) is 0 Å². The molecule has 1 unspecified atom stereocenters. The van der Waals surface area contributed by atoms with E-state index in [0.717, 1.165) is 28.8 Å². The van der Waals surface area contributed by atoms with Crippen molar-refractivity contribution in [2.24, 2.45) is 5.73 Å². The second kappa shape index (κ2) is 5.06. The van der Waals surface area contributed by atoms with Crippen LogP contribution >= 0.6 is 0 Å². The van der Waals surface area contributed by atoms with Gasteiger partial charge in [0, 0.05) is 12.2 Å². The summed E-state index contributed by atoms with van der Waals surface area (Å²) in [7, 11) is 0. The molecule has 0 aliphatic carbocycles. The van der Waals surface area contributed by atoms with Gasteiger partial charge in [0.25, 0.3) is 0 Å². The summed E-state index contributed by atoms with van der Waals surface area (Å²) in [6, 6.07) is 10.4. The number of para-hydroxylation sites is 2. The first-order chi connectivity index (χ1) is 9.65. The van der Waals surface area contributed by atoms with Gasteiger partial charge in [-0.15, -0.1) is 0 Å². The summed E-state index contributed by atoms with van der Waals surface area (Å²) in [4.78, 5) is 9.00. The molecule has 2 heterocycles. The fourth-order valence-corrected chi connectivity index (χ4v) is 2.49. The fraction of sp³-hybridized carbons (Fsp3) is 0.250. The summed E-state index contributed by atoms with van der Waals surface area (Å²) < 4.78 is 2.03. The first-order valence-corrected chi connectivity index (χ1v) is 6.78. The van der Waals surface area contributed by atoms with Crippen molar-refractivity contribution in [1.82, 2.24) is 14.5 Å². The van der Waals surface area contributed by atoms with Crippen LogP contribution in [0.15, 0.2) is 42.9 Å². The average molecular weight is 266 g/mol. The minimum Gasteiger partial charge on any atom is -0.328 e. The van der Waals surface area contributed by atoms with E-state index in [-0.39, 0.29) is 6.04 Å². The molecule has 0 fully saturated rings. The normalized spacial score (nSPS) is 12.8. The van der Waals surface area contributed by atoms with Gasteiger partial charge < -0.3 is 5.73 Å². The molecule has 0 aliphatic rings. The molecule has 4 nitrogen and oxygen atoms in total. The van der Waals surface area contributed by atoms with Gasteiger partial charge in [0.2, 0.25) is 0 Å². The molecular weight excluding hydrogens is 248 g/mol. The molecule has 0 spiro atoms. The van der Waals surface area contributed by atoms with Gasteiger partial charge in [0.05, 0.1) is 11.0 Å². The van der Waals surface area contributed by atoms with Gasteiger partial charge in [-0.25, -0.2) is 9.97 Å². The van der Waals surface area contributed by atoms with E-state index in [0.29, 0.717) is 0 Å².